The summed E-state index contributed by atoms with van der Waals surface area (Å²) in [6, 6.07) is 11.1. The number of carbonyl (C=O) groups excluding carboxylic acids is 1. The number of carbonyl (C=O) groups is 1. The Balaban J connectivity index is 2.24. The molecule has 0 saturated carbocycles. The fraction of sp³-hybridized carbons (Fsp3) is 0.125. The molecule has 0 atom stereocenters. The van der Waals surface area contributed by atoms with Crippen molar-refractivity contribution in [1.29, 1.82) is 5.26 Å². The van der Waals surface area contributed by atoms with E-state index in [0.29, 0.717) is 5.69 Å². The second kappa shape index (κ2) is 5.54. The first kappa shape index (κ1) is 13.8. The van der Waals surface area contributed by atoms with Crippen molar-refractivity contribution in [3.8, 4) is 6.07 Å². The lowest BCUT2D eigenvalue weighted by atomic mass is 10.1. The summed E-state index contributed by atoms with van der Waals surface area (Å²) in [7, 11) is 0. The maximum absolute atomic E-state index is 13.7. The van der Waals surface area contributed by atoms with E-state index >= 15 is 0 Å². The van der Waals surface area contributed by atoms with Crippen LogP contribution >= 0.6 is 0 Å². The van der Waals surface area contributed by atoms with Crippen LogP contribution in [0, 0.1) is 31.0 Å². The van der Waals surface area contributed by atoms with Gasteiger partial charge in [0.05, 0.1) is 17.2 Å². The first-order valence-electron chi connectivity index (χ1n) is 6.09. The first-order chi connectivity index (χ1) is 9.51. The highest BCUT2D eigenvalue weighted by atomic mass is 19.1. The molecule has 0 aliphatic carbocycles. The highest BCUT2D eigenvalue weighted by Gasteiger charge is 2.12. The Morgan fingerprint density at radius 2 is 1.90 bits per heavy atom. The second-order valence-electron chi connectivity index (χ2n) is 4.56. The third kappa shape index (κ3) is 2.83. The Bertz CT molecular complexity index is 717. The molecule has 0 aliphatic heterocycles. The number of nitriles is 1. The van der Waals surface area contributed by atoms with Gasteiger partial charge < -0.3 is 5.32 Å². The summed E-state index contributed by atoms with van der Waals surface area (Å²) in [5, 5.41) is 11.3. The number of aryl methyl sites for hydroxylation is 2. The van der Waals surface area contributed by atoms with Gasteiger partial charge in [-0.2, -0.15) is 5.26 Å². The van der Waals surface area contributed by atoms with Crippen LogP contribution in [0.3, 0.4) is 0 Å². The van der Waals surface area contributed by atoms with E-state index in [-0.39, 0.29) is 11.1 Å². The van der Waals surface area contributed by atoms with E-state index in [0.717, 1.165) is 17.2 Å². The molecule has 0 saturated heterocycles. The van der Waals surface area contributed by atoms with Crippen LogP contribution < -0.4 is 5.32 Å². The zero-order valence-corrected chi connectivity index (χ0v) is 11.2. The topological polar surface area (TPSA) is 52.9 Å². The van der Waals surface area contributed by atoms with E-state index in [1.807, 2.05) is 32.0 Å². The maximum atomic E-state index is 13.7. The van der Waals surface area contributed by atoms with E-state index in [1.54, 1.807) is 6.07 Å². The van der Waals surface area contributed by atoms with Crippen molar-refractivity contribution in [2.75, 3.05) is 5.32 Å². The smallest absolute Gasteiger partial charge is 0.258 e. The van der Waals surface area contributed by atoms with Gasteiger partial charge in [0.2, 0.25) is 0 Å². The number of benzene rings is 2. The molecule has 0 unspecified atom stereocenters. The highest BCUT2D eigenvalue weighted by molar-refractivity contribution is 6.04. The molecule has 0 bridgehead atoms. The maximum Gasteiger partial charge on any atom is 0.258 e. The lowest BCUT2D eigenvalue weighted by Gasteiger charge is -2.08. The lowest BCUT2D eigenvalue weighted by molar-refractivity contribution is 0.102. The van der Waals surface area contributed by atoms with Gasteiger partial charge in [0, 0.05) is 5.69 Å². The van der Waals surface area contributed by atoms with Gasteiger partial charge in [0.25, 0.3) is 5.91 Å². The third-order valence-corrected chi connectivity index (χ3v) is 3.11. The van der Waals surface area contributed by atoms with Crippen LogP contribution in [0.4, 0.5) is 10.1 Å². The Labute approximate surface area is 116 Å². The molecule has 1 N–H and O–H groups in total. The van der Waals surface area contributed by atoms with Gasteiger partial charge in [-0.3, -0.25) is 4.79 Å². The number of nitrogens with zero attached hydrogens (tertiary/aromatic N) is 1. The van der Waals surface area contributed by atoms with Crippen LogP contribution in [0.5, 0.6) is 0 Å². The van der Waals surface area contributed by atoms with Crippen molar-refractivity contribution in [2.24, 2.45) is 0 Å². The molecule has 20 heavy (non-hydrogen) atoms. The molecule has 0 aliphatic rings. The Morgan fingerprint density at radius 1 is 1.15 bits per heavy atom. The standard InChI is InChI=1S/C16H13FN2O/c1-10-3-5-13(7-11(10)2)19-16(20)14-6-4-12(9-18)8-15(14)17/h3-8H,1-2H3,(H,19,20). The minimum Gasteiger partial charge on any atom is -0.322 e. The van der Waals surface area contributed by atoms with Crippen LogP contribution in [0.2, 0.25) is 0 Å². The summed E-state index contributed by atoms with van der Waals surface area (Å²) in [5.74, 6) is -1.24. The van der Waals surface area contributed by atoms with Gasteiger partial charge in [-0.1, -0.05) is 6.07 Å². The van der Waals surface area contributed by atoms with Gasteiger partial charge in [-0.15, -0.1) is 0 Å². The van der Waals surface area contributed by atoms with Gasteiger partial charge in [0.1, 0.15) is 5.82 Å². The van der Waals surface area contributed by atoms with Crippen LogP contribution in [-0.2, 0) is 0 Å². The Hall–Kier alpha value is -2.67. The first-order valence-corrected chi connectivity index (χ1v) is 6.09. The van der Waals surface area contributed by atoms with E-state index in [2.05, 4.69) is 5.32 Å². The highest BCUT2D eigenvalue weighted by Crippen LogP contribution is 2.16. The lowest BCUT2D eigenvalue weighted by Crippen LogP contribution is -2.14. The van der Waals surface area contributed by atoms with Gasteiger partial charge >= 0.3 is 0 Å². The molecule has 2 aromatic rings. The summed E-state index contributed by atoms with van der Waals surface area (Å²) in [4.78, 5) is 12.0. The predicted molar refractivity (Wildman–Crippen MR) is 75.0 cm³/mol. The molecule has 2 rings (SSSR count). The third-order valence-electron chi connectivity index (χ3n) is 3.11. The number of amides is 1. The number of halogens is 1. The molecule has 0 radical (unpaired) electrons. The van der Waals surface area contributed by atoms with E-state index in [9.17, 15) is 9.18 Å². The number of hydrogen-bond donors (Lipinski definition) is 1. The zero-order valence-electron chi connectivity index (χ0n) is 11.2. The van der Waals surface area contributed by atoms with Gasteiger partial charge in [-0.25, -0.2) is 4.39 Å². The molecule has 4 heteroatoms. The van der Waals surface area contributed by atoms with Gasteiger partial charge in [-0.05, 0) is 55.3 Å². The quantitative estimate of drug-likeness (QED) is 0.905. The molecule has 3 nitrogen and oxygen atoms in total. The number of anilines is 1. The summed E-state index contributed by atoms with van der Waals surface area (Å²) in [6.07, 6.45) is 0. The van der Waals surface area contributed by atoms with Crippen molar-refractivity contribution in [3.63, 3.8) is 0 Å². The fourth-order valence-corrected chi connectivity index (χ4v) is 1.79. The molecule has 0 heterocycles. The Kier molecular flexibility index (Phi) is 3.81. The molecule has 100 valence electrons. The van der Waals surface area contributed by atoms with Crippen molar-refractivity contribution < 1.29 is 9.18 Å². The van der Waals surface area contributed by atoms with Crippen molar-refractivity contribution in [1.82, 2.24) is 0 Å². The van der Waals surface area contributed by atoms with Crippen molar-refractivity contribution >= 4 is 11.6 Å². The minimum absolute atomic E-state index is 0.0813. The molecular formula is C16H13FN2O. The van der Waals surface area contributed by atoms with E-state index in [1.165, 1.54) is 12.1 Å². The van der Waals surface area contributed by atoms with Crippen molar-refractivity contribution in [3.05, 3.63) is 64.5 Å². The molecule has 1 amide bonds. The number of hydrogen-bond acceptors (Lipinski definition) is 2. The molecule has 0 fully saturated rings. The normalized spacial score (nSPS) is 9.90. The van der Waals surface area contributed by atoms with Crippen molar-refractivity contribution in [2.45, 2.75) is 13.8 Å². The molecule has 2 aromatic carbocycles. The average molecular weight is 268 g/mol. The van der Waals surface area contributed by atoms with Crippen LogP contribution in [0.25, 0.3) is 0 Å². The summed E-state index contributed by atoms with van der Waals surface area (Å²) < 4.78 is 13.7. The monoisotopic (exact) mass is 268 g/mol. The second-order valence-corrected chi connectivity index (χ2v) is 4.56. The SMILES string of the molecule is Cc1ccc(NC(=O)c2ccc(C#N)cc2F)cc1C. The molecule has 0 aromatic heterocycles. The minimum atomic E-state index is -0.703. The van der Waals surface area contributed by atoms with E-state index < -0.39 is 11.7 Å². The van der Waals surface area contributed by atoms with Crippen LogP contribution in [0.1, 0.15) is 27.0 Å². The predicted octanol–water partition coefficient (Wildman–Crippen LogP) is 3.57. The molecule has 0 spiro atoms. The molecular weight excluding hydrogens is 255 g/mol. The summed E-state index contributed by atoms with van der Waals surface area (Å²) >= 11 is 0. The number of nitrogens with one attached hydrogen (secondary N) is 1. The average Bonchev–Trinajstić information content (AvgIpc) is 2.42. The van der Waals surface area contributed by atoms with Gasteiger partial charge in [0.15, 0.2) is 0 Å². The van der Waals surface area contributed by atoms with Crippen LogP contribution in [-0.4, -0.2) is 5.91 Å². The van der Waals surface area contributed by atoms with Crippen LogP contribution in [0.15, 0.2) is 36.4 Å². The summed E-state index contributed by atoms with van der Waals surface area (Å²) in [5.41, 5.74) is 2.88. The van der Waals surface area contributed by atoms with E-state index in [4.69, 9.17) is 5.26 Å². The zero-order chi connectivity index (χ0) is 14.7. The summed E-state index contributed by atoms with van der Waals surface area (Å²) in [6.45, 7) is 3.91. The Morgan fingerprint density at radius 3 is 2.50 bits per heavy atom. The largest absolute Gasteiger partial charge is 0.322 e. The number of rotatable bonds is 2. The fourth-order valence-electron chi connectivity index (χ4n) is 1.79.